The minimum Gasteiger partial charge on any atom is -0.333 e. The molecule has 0 bridgehead atoms. The molecule has 2 aromatic rings. The Morgan fingerprint density at radius 1 is 1.08 bits per heavy atom. The van der Waals surface area contributed by atoms with Crippen molar-refractivity contribution in [2.75, 3.05) is 0 Å². The Morgan fingerprint density at radius 3 is 2.17 bits per heavy atom. The minimum absolute atomic E-state index is 0.00594. The van der Waals surface area contributed by atoms with Crippen molar-refractivity contribution in [3.05, 3.63) is 65.7 Å². The van der Waals surface area contributed by atoms with E-state index in [1.807, 2.05) is 6.92 Å². The summed E-state index contributed by atoms with van der Waals surface area (Å²) in [5.41, 5.74) is 1.53. The molecule has 0 spiro atoms. The number of carbonyl (C=O) groups excluding carboxylic acids is 2. The van der Waals surface area contributed by atoms with Crippen molar-refractivity contribution in [2.24, 2.45) is 0 Å². The molecule has 1 unspecified atom stereocenters. The molecule has 0 saturated heterocycles. The first-order chi connectivity index (χ1) is 11.3. The first kappa shape index (κ1) is 17.9. The van der Waals surface area contributed by atoms with E-state index in [-0.39, 0.29) is 17.7 Å². The molecule has 2 rings (SSSR count). The average molecular weight is 345 g/mol. The second kappa shape index (κ2) is 6.97. The van der Waals surface area contributed by atoms with Gasteiger partial charge in [0.2, 0.25) is 21.1 Å². The van der Waals surface area contributed by atoms with Gasteiger partial charge in [0.05, 0.1) is 4.90 Å². The van der Waals surface area contributed by atoms with Crippen LogP contribution < -0.4 is 5.32 Å². The molecule has 0 heterocycles. The predicted octanol–water partition coefficient (Wildman–Crippen LogP) is 2.04. The largest absolute Gasteiger partial charge is 0.333 e. The Morgan fingerprint density at radius 2 is 1.67 bits per heavy atom. The van der Waals surface area contributed by atoms with E-state index in [2.05, 4.69) is 5.32 Å². The Kier molecular flexibility index (Phi) is 5.19. The number of hydrogen-bond donors (Lipinski definition) is 1. The summed E-state index contributed by atoms with van der Waals surface area (Å²) in [6, 6.07) is 14.9. The van der Waals surface area contributed by atoms with Gasteiger partial charge in [0.15, 0.2) is 5.78 Å². The van der Waals surface area contributed by atoms with E-state index in [9.17, 15) is 18.0 Å². The average Bonchev–Trinajstić information content (AvgIpc) is 2.55. The van der Waals surface area contributed by atoms with Crippen LogP contribution >= 0.6 is 0 Å². The molecule has 0 aliphatic heterocycles. The van der Waals surface area contributed by atoms with Crippen LogP contribution in [0, 0.1) is 6.92 Å². The summed E-state index contributed by atoms with van der Waals surface area (Å²) in [5.74, 6) is -0.640. The number of ketones is 1. The summed E-state index contributed by atoms with van der Waals surface area (Å²) in [7, 11) is -4.13. The molecule has 1 amide bonds. The number of carbonyl (C=O) groups is 2. The first-order valence-corrected chi connectivity index (χ1v) is 8.89. The predicted molar refractivity (Wildman–Crippen MR) is 91.1 cm³/mol. The minimum atomic E-state index is -4.13. The molecule has 0 aliphatic carbocycles. The Labute approximate surface area is 141 Å². The third-order valence-corrected chi connectivity index (χ3v) is 6.31. The second-order valence-corrected chi connectivity index (χ2v) is 7.80. The molecule has 126 valence electrons. The van der Waals surface area contributed by atoms with Gasteiger partial charge in [-0.05, 0) is 31.5 Å². The van der Waals surface area contributed by atoms with Crippen molar-refractivity contribution in [1.29, 1.82) is 0 Å². The van der Waals surface area contributed by atoms with E-state index in [1.165, 1.54) is 19.1 Å². The van der Waals surface area contributed by atoms with Crippen LogP contribution in [0.3, 0.4) is 0 Å². The Balaban J connectivity index is 2.62. The summed E-state index contributed by atoms with van der Waals surface area (Å²) in [6.07, 6.45) is 0.119. The summed E-state index contributed by atoms with van der Waals surface area (Å²) >= 11 is 0. The molecule has 2 aromatic carbocycles. The highest BCUT2D eigenvalue weighted by Gasteiger charge is 2.49. The molecule has 0 aliphatic rings. The van der Waals surface area contributed by atoms with Gasteiger partial charge in [-0.2, -0.15) is 0 Å². The number of amides is 1. The number of Topliss-reactive ketones (excluding diaryl/α,β-unsaturated/α-hetero) is 1. The third kappa shape index (κ3) is 3.23. The van der Waals surface area contributed by atoms with Gasteiger partial charge in [-0.25, -0.2) is 8.42 Å². The second-order valence-electron chi connectivity index (χ2n) is 5.62. The molecule has 6 heteroatoms. The van der Waals surface area contributed by atoms with Gasteiger partial charge >= 0.3 is 0 Å². The maximum atomic E-state index is 13.2. The van der Waals surface area contributed by atoms with Crippen LogP contribution in [0.15, 0.2) is 59.5 Å². The quantitative estimate of drug-likeness (QED) is 0.779. The highest BCUT2D eigenvalue weighted by molar-refractivity contribution is 7.93. The van der Waals surface area contributed by atoms with Crippen molar-refractivity contribution in [3.8, 4) is 0 Å². The van der Waals surface area contributed by atoms with E-state index in [0.29, 0.717) is 5.56 Å². The van der Waals surface area contributed by atoms with Crippen LogP contribution in [-0.2, 0) is 25.8 Å². The zero-order valence-electron chi connectivity index (χ0n) is 13.5. The van der Waals surface area contributed by atoms with Crippen LogP contribution in [0.4, 0.5) is 0 Å². The van der Waals surface area contributed by atoms with Crippen LogP contribution in [0.25, 0.3) is 0 Å². The lowest BCUT2D eigenvalue weighted by molar-refractivity contribution is -0.123. The summed E-state index contributed by atoms with van der Waals surface area (Å²) in [4.78, 5) is 21.4. The molecule has 0 saturated carbocycles. The van der Waals surface area contributed by atoms with Crippen LogP contribution in [-0.4, -0.2) is 25.5 Å². The zero-order chi connectivity index (χ0) is 17.8. The maximum Gasteiger partial charge on any atom is 0.209 e. The van der Waals surface area contributed by atoms with Gasteiger partial charge < -0.3 is 5.32 Å². The highest BCUT2D eigenvalue weighted by Crippen LogP contribution is 2.28. The van der Waals surface area contributed by atoms with Gasteiger partial charge in [-0.15, -0.1) is 0 Å². The summed E-state index contributed by atoms with van der Waals surface area (Å²) < 4.78 is 26.3. The van der Waals surface area contributed by atoms with Crippen LogP contribution in [0.1, 0.15) is 18.1 Å². The third-order valence-electron chi connectivity index (χ3n) is 3.95. The normalized spacial score (nSPS) is 13.8. The Hall–Kier alpha value is -2.47. The van der Waals surface area contributed by atoms with Crippen molar-refractivity contribution in [3.63, 3.8) is 0 Å². The Bertz CT molecular complexity index is 829. The van der Waals surface area contributed by atoms with Crippen LogP contribution in [0.5, 0.6) is 0 Å². The monoisotopic (exact) mass is 345 g/mol. The topological polar surface area (TPSA) is 80.3 Å². The van der Waals surface area contributed by atoms with Gasteiger partial charge in [0.25, 0.3) is 0 Å². The molecule has 0 fully saturated rings. The molecular weight excluding hydrogens is 326 g/mol. The number of benzene rings is 2. The van der Waals surface area contributed by atoms with Gasteiger partial charge in [-0.3, -0.25) is 9.59 Å². The molecule has 1 atom stereocenters. The smallest absolute Gasteiger partial charge is 0.209 e. The highest BCUT2D eigenvalue weighted by atomic mass is 32.2. The van der Waals surface area contributed by atoms with E-state index in [1.54, 1.807) is 42.5 Å². The molecular formula is C18H19NO4S. The fraction of sp³-hybridized carbons (Fsp3) is 0.222. The van der Waals surface area contributed by atoms with Crippen LogP contribution in [0.2, 0.25) is 0 Å². The molecule has 0 aromatic heterocycles. The SMILES string of the molecule is CC(=O)C(Cc1ccccc1)(NC=O)S(=O)(=O)c1ccc(C)cc1. The van der Waals surface area contributed by atoms with Gasteiger partial charge in [-0.1, -0.05) is 48.0 Å². The van der Waals surface area contributed by atoms with E-state index in [0.717, 1.165) is 5.56 Å². The van der Waals surface area contributed by atoms with Crippen molar-refractivity contribution >= 4 is 22.0 Å². The molecule has 0 radical (unpaired) electrons. The number of aryl methyl sites for hydroxylation is 1. The summed E-state index contributed by atoms with van der Waals surface area (Å²) in [5, 5.41) is 2.28. The first-order valence-electron chi connectivity index (χ1n) is 7.41. The standard InChI is InChI=1S/C18H19NO4S/c1-14-8-10-17(11-9-14)24(22,23)18(15(2)21,19-13-20)12-16-6-4-3-5-7-16/h3-11,13H,12H2,1-2H3,(H,19,20). The van der Waals surface area contributed by atoms with Crippen molar-refractivity contribution < 1.29 is 18.0 Å². The number of nitrogens with one attached hydrogen (secondary N) is 1. The fourth-order valence-electron chi connectivity index (χ4n) is 2.54. The zero-order valence-corrected chi connectivity index (χ0v) is 14.3. The van der Waals surface area contributed by atoms with Crippen molar-refractivity contribution in [2.45, 2.75) is 30.0 Å². The summed E-state index contributed by atoms with van der Waals surface area (Å²) in [6.45, 7) is 3.01. The van der Waals surface area contributed by atoms with E-state index in [4.69, 9.17) is 0 Å². The van der Waals surface area contributed by atoms with Crippen molar-refractivity contribution in [1.82, 2.24) is 5.32 Å². The lowest BCUT2D eigenvalue weighted by Gasteiger charge is -2.30. The molecule has 5 nitrogen and oxygen atoms in total. The molecule has 1 N–H and O–H groups in total. The van der Waals surface area contributed by atoms with E-state index < -0.39 is 20.5 Å². The number of hydrogen-bond acceptors (Lipinski definition) is 4. The molecule has 24 heavy (non-hydrogen) atoms. The maximum absolute atomic E-state index is 13.2. The lowest BCUT2D eigenvalue weighted by atomic mass is 10.0. The fourth-order valence-corrected chi connectivity index (χ4v) is 4.37. The lowest BCUT2D eigenvalue weighted by Crippen LogP contribution is -2.58. The van der Waals surface area contributed by atoms with Gasteiger partial charge in [0.1, 0.15) is 0 Å². The van der Waals surface area contributed by atoms with Gasteiger partial charge in [0, 0.05) is 6.42 Å². The number of rotatable bonds is 7. The van der Waals surface area contributed by atoms with E-state index >= 15 is 0 Å². The number of sulfone groups is 1.